The first-order chi connectivity index (χ1) is 12.0. The van der Waals surface area contributed by atoms with Crippen LogP contribution in [0.4, 0.5) is 0 Å². The number of benzene rings is 2. The summed E-state index contributed by atoms with van der Waals surface area (Å²) in [6.07, 6.45) is 3.89. The van der Waals surface area contributed by atoms with Crippen LogP contribution in [-0.4, -0.2) is 30.6 Å². The SMILES string of the molecule is CN(C)Cc1ccccc1C(=O)CCC(=O)c1ccc2c(c1)CCC2. The number of ketones is 2. The minimum Gasteiger partial charge on any atom is -0.305 e. The lowest BCUT2D eigenvalue weighted by atomic mass is 9.96. The van der Waals surface area contributed by atoms with E-state index in [0.29, 0.717) is 0 Å². The molecule has 0 heterocycles. The molecule has 0 saturated carbocycles. The Hall–Kier alpha value is -2.26. The molecule has 3 heteroatoms. The maximum atomic E-state index is 12.6. The van der Waals surface area contributed by atoms with Gasteiger partial charge in [-0.05, 0) is 56.1 Å². The summed E-state index contributed by atoms with van der Waals surface area (Å²) >= 11 is 0. The molecule has 3 nitrogen and oxygen atoms in total. The van der Waals surface area contributed by atoms with Gasteiger partial charge in [-0.15, -0.1) is 0 Å². The Bertz CT molecular complexity index is 792. The molecule has 0 atom stereocenters. The molecule has 130 valence electrons. The van der Waals surface area contributed by atoms with E-state index in [9.17, 15) is 9.59 Å². The molecule has 1 aliphatic rings. The third kappa shape index (κ3) is 4.23. The lowest BCUT2D eigenvalue weighted by Crippen LogP contribution is -2.14. The lowest BCUT2D eigenvalue weighted by Gasteiger charge is -2.13. The van der Waals surface area contributed by atoms with Gasteiger partial charge in [0.05, 0.1) is 0 Å². The lowest BCUT2D eigenvalue weighted by molar-refractivity contribution is 0.0916. The molecule has 0 unspecified atom stereocenters. The van der Waals surface area contributed by atoms with Crippen molar-refractivity contribution in [3.8, 4) is 0 Å². The zero-order valence-electron chi connectivity index (χ0n) is 15.0. The number of carbonyl (C=O) groups is 2. The Morgan fingerprint density at radius 2 is 1.64 bits per heavy atom. The Balaban J connectivity index is 1.65. The van der Waals surface area contributed by atoms with Gasteiger partial charge in [-0.1, -0.05) is 36.4 Å². The Morgan fingerprint density at radius 3 is 2.44 bits per heavy atom. The summed E-state index contributed by atoms with van der Waals surface area (Å²) in [6.45, 7) is 0.723. The molecule has 0 bridgehead atoms. The first-order valence-electron chi connectivity index (χ1n) is 8.95. The van der Waals surface area contributed by atoms with Crippen molar-refractivity contribution in [2.24, 2.45) is 0 Å². The van der Waals surface area contributed by atoms with Gasteiger partial charge in [0.25, 0.3) is 0 Å². The zero-order valence-corrected chi connectivity index (χ0v) is 15.0. The Morgan fingerprint density at radius 1 is 0.920 bits per heavy atom. The van der Waals surface area contributed by atoms with Crippen LogP contribution in [0.25, 0.3) is 0 Å². The predicted octanol–water partition coefficient (Wildman–Crippen LogP) is 4.08. The van der Waals surface area contributed by atoms with Gasteiger partial charge >= 0.3 is 0 Å². The van der Waals surface area contributed by atoms with Crippen LogP contribution in [0.1, 0.15) is 56.7 Å². The van der Waals surface area contributed by atoms with Crippen LogP contribution in [0.15, 0.2) is 42.5 Å². The smallest absolute Gasteiger partial charge is 0.163 e. The normalized spacial score (nSPS) is 13.1. The second-order valence-electron chi connectivity index (χ2n) is 7.08. The molecular weight excluding hydrogens is 310 g/mol. The van der Waals surface area contributed by atoms with Gasteiger partial charge in [0.15, 0.2) is 11.6 Å². The van der Waals surface area contributed by atoms with E-state index in [1.165, 1.54) is 17.5 Å². The van der Waals surface area contributed by atoms with Crippen LogP contribution in [0, 0.1) is 0 Å². The molecule has 2 aromatic carbocycles. The number of aryl methyl sites for hydroxylation is 2. The average Bonchev–Trinajstić information content (AvgIpc) is 3.07. The van der Waals surface area contributed by atoms with Gasteiger partial charge in [-0.2, -0.15) is 0 Å². The van der Waals surface area contributed by atoms with E-state index in [1.807, 2.05) is 55.4 Å². The van der Waals surface area contributed by atoms with Crippen molar-refractivity contribution in [2.75, 3.05) is 14.1 Å². The molecule has 2 aromatic rings. The molecular formula is C22H25NO2. The topological polar surface area (TPSA) is 37.4 Å². The first kappa shape index (κ1) is 17.6. The summed E-state index contributed by atoms with van der Waals surface area (Å²) in [5.41, 5.74) is 5.16. The van der Waals surface area contributed by atoms with Gasteiger partial charge in [0, 0.05) is 30.5 Å². The summed E-state index contributed by atoms with van der Waals surface area (Å²) in [6, 6.07) is 13.7. The molecule has 0 aliphatic heterocycles. The number of Topliss-reactive ketones (excluding diaryl/α,β-unsaturated/α-hetero) is 2. The largest absolute Gasteiger partial charge is 0.305 e. The first-order valence-corrected chi connectivity index (χ1v) is 8.95. The maximum Gasteiger partial charge on any atom is 0.163 e. The number of nitrogens with zero attached hydrogens (tertiary/aromatic N) is 1. The van der Waals surface area contributed by atoms with E-state index in [1.54, 1.807) is 0 Å². The number of carbonyl (C=O) groups excluding carboxylic acids is 2. The van der Waals surface area contributed by atoms with Crippen molar-refractivity contribution in [1.82, 2.24) is 4.90 Å². The number of hydrogen-bond acceptors (Lipinski definition) is 3. The summed E-state index contributed by atoms with van der Waals surface area (Å²) < 4.78 is 0. The van der Waals surface area contributed by atoms with Crippen LogP contribution in [0.5, 0.6) is 0 Å². The minimum absolute atomic E-state index is 0.0481. The van der Waals surface area contributed by atoms with Crippen molar-refractivity contribution < 1.29 is 9.59 Å². The van der Waals surface area contributed by atoms with Crippen LogP contribution in [-0.2, 0) is 19.4 Å². The third-order valence-corrected chi connectivity index (χ3v) is 4.80. The fourth-order valence-electron chi connectivity index (χ4n) is 3.52. The monoisotopic (exact) mass is 335 g/mol. The van der Waals surface area contributed by atoms with E-state index in [4.69, 9.17) is 0 Å². The molecule has 0 spiro atoms. The van der Waals surface area contributed by atoms with Crippen molar-refractivity contribution in [2.45, 2.75) is 38.6 Å². The second-order valence-corrected chi connectivity index (χ2v) is 7.08. The average molecular weight is 335 g/mol. The maximum absolute atomic E-state index is 12.6. The van der Waals surface area contributed by atoms with Crippen LogP contribution in [0.3, 0.4) is 0 Å². The van der Waals surface area contributed by atoms with Crippen molar-refractivity contribution in [3.63, 3.8) is 0 Å². The molecule has 3 rings (SSSR count). The summed E-state index contributed by atoms with van der Waals surface area (Å²) in [5, 5.41) is 0. The highest BCUT2D eigenvalue weighted by atomic mass is 16.1. The predicted molar refractivity (Wildman–Crippen MR) is 100 cm³/mol. The molecule has 1 aliphatic carbocycles. The van der Waals surface area contributed by atoms with Gasteiger partial charge in [-0.3, -0.25) is 9.59 Å². The zero-order chi connectivity index (χ0) is 17.8. The minimum atomic E-state index is 0.0481. The fraction of sp³-hybridized carbons (Fsp3) is 0.364. The fourth-order valence-corrected chi connectivity index (χ4v) is 3.52. The van der Waals surface area contributed by atoms with Crippen LogP contribution < -0.4 is 0 Å². The van der Waals surface area contributed by atoms with E-state index in [2.05, 4.69) is 6.07 Å². The van der Waals surface area contributed by atoms with Gasteiger partial charge in [0.1, 0.15) is 0 Å². The van der Waals surface area contributed by atoms with Crippen LogP contribution in [0.2, 0.25) is 0 Å². The molecule has 0 amide bonds. The van der Waals surface area contributed by atoms with E-state index < -0.39 is 0 Å². The Labute approximate surface area is 149 Å². The van der Waals surface area contributed by atoms with Crippen LogP contribution >= 0.6 is 0 Å². The molecule has 0 N–H and O–H groups in total. The molecule has 0 radical (unpaired) electrons. The van der Waals surface area contributed by atoms with Crippen molar-refractivity contribution in [3.05, 3.63) is 70.3 Å². The highest BCUT2D eigenvalue weighted by Gasteiger charge is 2.16. The summed E-state index contributed by atoms with van der Waals surface area (Å²) in [4.78, 5) is 27.1. The van der Waals surface area contributed by atoms with Gasteiger partial charge in [0.2, 0.25) is 0 Å². The van der Waals surface area contributed by atoms with E-state index in [0.717, 1.165) is 36.1 Å². The molecule has 0 fully saturated rings. The summed E-state index contributed by atoms with van der Waals surface area (Å²) in [5.74, 6) is 0.111. The van der Waals surface area contributed by atoms with Gasteiger partial charge < -0.3 is 4.90 Å². The molecule has 0 saturated heterocycles. The third-order valence-electron chi connectivity index (χ3n) is 4.80. The van der Waals surface area contributed by atoms with Gasteiger partial charge in [-0.25, -0.2) is 0 Å². The van der Waals surface area contributed by atoms with Crippen molar-refractivity contribution >= 4 is 11.6 Å². The summed E-state index contributed by atoms with van der Waals surface area (Å²) in [7, 11) is 3.97. The standard InChI is InChI=1S/C22H25NO2/c1-23(2)15-19-6-3-4-9-20(19)22(25)13-12-21(24)18-11-10-16-7-5-8-17(16)14-18/h3-4,6,9-11,14H,5,7-8,12-13,15H2,1-2H3. The second kappa shape index (κ2) is 7.75. The number of hydrogen-bond donors (Lipinski definition) is 0. The number of rotatable bonds is 7. The highest BCUT2D eigenvalue weighted by Crippen LogP contribution is 2.24. The van der Waals surface area contributed by atoms with E-state index >= 15 is 0 Å². The molecule has 0 aromatic heterocycles. The van der Waals surface area contributed by atoms with E-state index in [-0.39, 0.29) is 24.4 Å². The highest BCUT2D eigenvalue weighted by molar-refractivity contribution is 6.02. The quantitative estimate of drug-likeness (QED) is 0.716. The molecule has 25 heavy (non-hydrogen) atoms. The van der Waals surface area contributed by atoms with Crippen molar-refractivity contribution in [1.29, 1.82) is 0 Å². The Kier molecular flexibility index (Phi) is 5.44. The number of fused-ring (bicyclic) bond motifs is 1.